The fourth-order valence-electron chi connectivity index (χ4n) is 1.36. The summed E-state index contributed by atoms with van der Waals surface area (Å²) in [6.07, 6.45) is 3.09. The number of halogens is 1. The van der Waals surface area contributed by atoms with E-state index in [1.54, 1.807) is 7.11 Å². The summed E-state index contributed by atoms with van der Waals surface area (Å²) in [5.41, 5.74) is 1.29. The van der Waals surface area contributed by atoms with E-state index >= 15 is 0 Å². The van der Waals surface area contributed by atoms with E-state index in [9.17, 15) is 0 Å². The van der Waals surface area contributed by atoms with Gasteiger partial charge in [0.25, 0.3) is 0 Å². The van der Waals surface area contributed by atoms with Crippen LogP contribution in [0.4, 0.5) is 0 Å². The highest BCUT2D eigenvalue weighted by atomic mass is 35.5. The molecule has 0 aliphatic carbocycles. The van der Waals surface area contributed by atoms with Gasteiger partial charge in [-0.15, -0.1) is 11.6 Å². The Hall–Kier alpha value is -0.690. The van der Waals surface area contributed by atoms with Crippen LogP contribution < -0.4 is 4.74 Å². The molecule has 78 valence electrons. The van der Waals surface area contributed by atoms with Gasteiger partial charge in [-0.25, -0.2) is 0 Å². The molecule has 0 aliphatic rings. The van der Waals surface area contributed by atoms with Crippen molar-refractivity contribution in [2.45, 2.75) is 31.6 Å². The van der Waals surface area contributed by atoms with Crippen LogP contribution in [0.15, 0.2) is 24.3 Å². The Bertz CT molecular complexity index is 273. The number of rotatable bonds is 5. The molecule has 0 aromatic heterocycles. The maximum absolute atomic E-state index is 6.06. The summed E-state index contributed by atoms with van der Waals surface area (Å²) in [6, 6.07) is 8.16. The maximum Gasteiger partial charge on any atom is 0.119 e. The van der Waals surface area contributed by atoms with Crippen LogP contribution in [0, 0.1) is 0 Å². The van der Waals surface area contributed by atoms with Crippen molar-refractivity contribution in [3.8, 4) is 5.75 Å². The lowest BCUT2D eigenvalue weighted by Gasteiger charge is -2.07. The number of methoxy groups -OCH3 is 1. The number of alkyl halides is 1. The Balaban J connectivity index is 2.50. The van der Waals surface area contributed by atoms with Crippen LogP contribution in [0.5, 0.6) is 5.75 Å². The van der Waals surface area contributed by atoms with Gasteiger partial charge in [-0.05, 0) is 37.0 Å². The third-order valence-corrected chi connectivity index (χ3v) is 2.85. The molecule has 0 bridgehead atoms. The van der Waals surface area contributed by atoms with E-state index in [1.165, 1.54) is 5.56 Å². The van der Waals surface area contributed by atoms with Crippen LogP contribution in [0.3, 0.4) is 0 Å². The molecule has 0 fully saturated rings. The fraction of sp³-hybridized carbons (Fsp3) is 0.500. The minimum Gasteiger partial charge on any atom is -0.497 e. The van der Waals surface area contributed by atoms with Gasteiger partial charge in [0.1, 0.15) is 5.75 Å². The number of hydrogen-bond donors (Lipinski definition) is 0. The Labute approximate surface area is 91.0 Å². The Morgan fingerprint density at radius 2 is 2.21 bits per heavy atom. The molecule has 0 N–H and O–H groups in total. The normalized spacial score (nSPS) is 12.5. The van der Waals surface area contributed by atoms with E-state index in [0.717, 1.165) is 25.0 Å². The van der Waals surface area contributed by atoms with Crippen molar-refractivity contribution in [2.75, 3.05) is 7.11 Å². The van der Waals surface area contributed by atoms with Crippen molar-refractivity contribution < 1.29 is 4.74 Å². The summed E-state index contributed by atoms with van der Waals surface area (Å²) < 4.78 is 5.15. The van der Waals surface area contributed by atoms with Gasteiger partial charge in [0.05, 0.1) is 7.11 Å². The molecule has 1 atom stereocenters. The molecular formula is C12H17ClO. The third-order valence-electron chi connectivity index (χ3n) is 2.32. The summed E-state index contributed by atoms with van der Waals surface area (Å²) >= 11 is 6.06. The predicted molar refractivity (Wildman–Crippen MR) is 61.2 cm³/mol. The lowest BCUT2D eigenvalue weighted by Crippen LogP contribution is -1.98. The Kier molecular flexibility index (Phi) is 4.81. The van der Waals surface area contributed by atoms with Gasteiger partial charge in [0.15, 0.2) is 0 Å². The van der Waals surface area contributed by atoms with Crippen molar-refractivity contribution in [3.63, 3.8) is 0 Å². The molecule has 0 amide bonds. The summed E-state index contributed by atoms with van der Waals surface area (Å²) in [6.45, 7) is 2.11. The maximum atomic E-state index is 6.06. The second-order valence-electron chi connectivity index (χ2n) is 3.40. The zero-order chi connectivity index (χ0) is 10.4. The van der Waals surface area contributed by atoms with Gasteiger partial charge in [0.2, 0.25) is 0 Å². The van der Waals surface area contributed by atoms with Crippen molar-refractivity contribution in [1.29, 1.82) is 0 Å². The van der Waals surface area contributed by atoms with Crippen molar-refractivity contribution in [3.05, 3.63) is 29.8 Å². The van der Waals surface area contributed by atoms with Crippen LogP contribution in [-0.2, 0) is 6.42 Å². The standard InChI is InChI=1S/C12H17ClO/c1-3-11(13)8-7-10-5-4-6-12(9-10)14-2/h4-6,9,11H,3,7-8H2,1-2H3. The van der Waals surface area contributed by atoms with Crippen LogP contribution >= 0.6 is 11.6 Å². The molecule has 2 heteroatoms. The molecular weight excluding hydrogens is 196 g/mol. The minimum atomic E-state index is 0.293. The first-order chi connectivity index (χ1) is 6.76. The van der Waals surface area contributed by atoms with Crippen LogP contribution in [0.2, 0.25) is 0 Å². The summed E-state index contributed by atoms with van der Waals surface area (Å²) in [7, 11) is 1.69. The molecule has 1 aromatic rings. The summed E-state index contributed by atoms with van der Waals surface area (Å²) in [5, 5.41) is 0.293. The average molecular weight is 213 g/mol. The number of ether oxygens (including phenoxy) is 1. The molecule has 14 heavy (non-hydrogen) atoms. The molecule has 1 rings (SSSR count). The second-order valence-corrected chi connectivity index (χ2v) is 4.01. The van der Waals surface area contributed by atoms with Gasteiger partial charge in [-0.2, -0.15) is 0 Å². The van der Waals surface area contributed by atoms with Crippen LogP contribution in [0.1, 0.15) is 25.3 Å². The SMILES string of the molecule is CCC(Cl)CCc1cccc(OC)c1. The fourth-order valence-corrected chi connectivity index (χ4v) is 1.46. The van der Waals surface area contributed by atoms with E-state index < -0.39 is 0 Å². The lowest BCUT2D eigenvalue weighted by molar-refractivity contribution is 0.414. The summed E-state index contributed by atoms with van der Waals surface area (Å²) in [5.74, 6) is 0.921. The number of benzene rings is 1. The topological polar surface area (TPSA) is 9.23 Å². The molecule has 0 radical (unpaired) electrons. The van der Waals surface area contributed by atoms with Crippen molar-refractivity contribution in [1.82, 2.24) is 0 Å². The monoisotopic (exact) mass is 212 g/mol. The molecule has 0 saturated heterocycles. The third kappa shape index (κ3) is 3.59. The molecule has 1 aromatic carbocycles. The van der Waals surface area contributed by atoms with E-state index in [2.05, 4.69) is 19.1 Å². The molecule has 0 heterocycles. The van der Waals surface area contributed by atoms with Gasteiger partial charge >= 0.3 is 0 Å². The molecule has 0 spiro atoms. The highest BCUT2D eigenvalue weighted by Gasteiger charge is 2.02. The number of aryl methyl sites for hydroxylation is 1. The summed E-state index contributed by atoms with van der Waals surface area (Å²) in [4.78, 5) is 0. The van der Waals surface area contributed by atoms with Crippen LogP contribution in [-0.4, -0.2) is 12.5 Å². The van der Waals surface area contributed by atoms with Gasteiger partial charge in [0, 0.05) is 5.38 Å². The van der Waals surface area contributed by atoms with Gasteiger partial charge in [-0.1, -0.05) is 19.1 Å². The largest absolute Gasteiger partial charge is 0.497 e. The highest BCUT2D eigenvalue weighted by Crippen LogP contribution is 2.16. The van der Waals surface area contributed by atoms with Gasteiger partial charge < -0.3 is 4.74 Å². The van der Waals surface area contributed by atoms with E-state index in [4.69, 9.17) is 16.3 Å². The first kappa shape index (κ1) is 11.4. The number of hydrogen-bond acceptors (Lipinski definition) is 1. The predicted octanol–water partition coefficient (Wildman–Crippen LogP) is 3.65. The molecule has 0 aliphatic heterocycles. The molecule has 1 nitrogen and oxygen atoms in total. The highest BCUT2D eigenvalue weighted by molar-refractivity contribution is 6.20. The van der Waals surface area contributed by atoms with E-state index in [0.29, 0.717) is 5.38 Å². The molecule has 1 unspecified atom stereocenters. The van der Waals surface area contributed by atoms with E-state index in [1.807, 2.05) is 12.1 Å². The first-order valence-corrected chi connectivity index (χ1v) is 5.47. The quantitative estimate of drug-likeness (QED) is 0.678. The second kappa shape index (κ2) is 5.92. The first-order valence-electron chi connectivity index (χ1n) is 5.03. The smallest absolute Gasteiger partial charge is 0.119 e. The molecule has 0 saturated carbocycles. The van der Waals surface area contributed by atoms with E-state index in [-0.39, 0.29) is 0 Å². The zero-order valence-corrected chi connectivity index (χ0v) is 9.55. The van der Waals surface area contributed by atoms with Crippen LogP contribution in [0.25, 0.3) is 0 Å². The average Bonchev–Trinajstić information content (AvgIpc) is 2.26. The van der Waals surface area contributed by atoms with Gasteiger partial charge in [-0.3, -0.25) is 0 Å². The zero-order valence-electron chi connectivity index (χ0n) is 8.79. The van der Waals surface area contributed by atoms with Crippen molar-refractivity contribution >= 4 is 11.6 Å². The minimum absolute atomic E-state index is 0.293. The Morgan fingerprint density at radius 3 is 2.86 bits per heavy atom. The lowest BCUT2D eigenvalue weighted by atomic mass is 10.1. The Morgan fingerprint density at radius 1 is 1.43 bits per heavy atom. The van der Waals surface area contributed by atoms with Crippen molar-refractivity contribution in [2.24, 2.45) is 0 Å².